The van der Waals surface area contributed by atoms with Crippen LogP contribution in [0.1, 0.15) is 49.7 Å². The van der Waals surface area contributed by atoms with E-state index in [1.54, 1.807) is 0 Å². The van der Waals surface area contributed by atoms with E-state index in [-0.39, 0.29) is 30.0 Å². The summed E-state index contributed by atoms with van der Waals surface area (Å²) < 4.78 is 7.68. The van der Waals surface area contributed by atoms with Gasteiger partial charge in [-0.05, 0) is 70.2 Å². The standard InChI is InChI=1S/C23H37N5O.HI/c1-7-14-29-21-11-9-10-20(16-21)12-13-25-23(24-8-2)26-17(3)15-22-18(4)27-28(6)19(22)5;/h9-11,16-17H,7-8,12-15H2,1-6H3,(H2,24,25,26);1H. The zero-order valence-corrected chi connectivity index (χ0v) is 21.6. The van der Waals surface area contributed by atoms with Crippen LogP contribution in [0.25, 0.3) is 0 Å². The lowest BCUT2D eigenvalue weighted by Gasteiger charge is -2.18. The van der Waals surface area contributed by atoms with Gasteiger partial charge in [0.25, 0.3) is 0 Å². The number of benzene rings is 1. The molecular formula is C23H38IN5O. The molecular weight excluding hydrogens is 489 g/mol. The van der Waals surface area contributed by atoms with Crippen LogP contribution in [-0.2, 0) is 19.9 Å². The molecule has 0 fully saturated rings. The first-order valence-electron chi connectivity index (χ1n) is 10.7. The lowest BCUT2D eigenvalue weighted by molar-refractivity contribution is 0.317. The smallest absolute Gasteiger partial charge is 0.191 e. The van der Waals surface area contributed by atoms with Gasteiger partial charge in [-0.2, -0.15) is 5.10 Å². The summed E-state index contributed by atoms with van der Waals surface area (Å²) in [5.41, 5.74) is 4.88. The number of aromatic nitrogens is 2. The fourth-order valence-corrected chi connectivity index (χ4v) is 3.33. The highest BCUT2D eigenvalue weighted by Gasteiger charge is 2.14. The monoisotopic (exact) mass is 527 g/mol. The Bertz CT molecular complexity index is 803. The van der Waals surface area contributed by atoms with Crippen molar-refractivity contribution < 1.29 is 4.74 Å². The number of rotatable bonds is 10. The molecule has 1 atom stereocenters. The van der Waals surface area contributed by atoms with Crippen LogP contribution in [0.3, 0.4) is 0 Å². The first kappa shape index (κ1) is 26.3. The molecule has 0 spiro atoms. The number of halogens is 1. The fraction of sp³-hybridized carbons (Fsp3) is 0.565. The van der Waals surface area contributed by atoms with E-state index < -0.39 is 0 Å². The van der Waals surface area contributed by atoms with E-state index in [1.807, 2.05) is 23.9 Å². The van der Waals surface area contributed by atoms with Gasteiger partial charge in [0.05, 0.1) is 12.3 Å². The minimum absolute atomic E-state index is 0. The number of nitrogens with one attached hydrogen (secondary N) is 2. The number of hydrogen-bond acceptors (Lipinski definition) is 3. The van der Waals surface area contributed by atoms with Crippen LogP contribution >= 0.6 is 24.0 Å². The normalized spacial score (nSPS) is 12.3. The van der Waals surface area contributed by atoms with Crippen molar-refractivity contribution >= 4 is 29.9 Å². The minimum Gasteiger partial charge on any atom is -0.494 e. The molecule has 0 aliphatic heterocycles. The Morgan fingerprint density at radius 3 is 2.67 bits per heavy atom. The molecule has 0 saturated heterocycles. The summed E-state index contributed by atoms with van der Waals surface area (Å²) in [4.78, 5) is 4.77. The van der Waals surface area contributed by atoms with E-state index in [0.717, 1.165) is 56.4 Å². The molecule has 1 aromatic heterocycles. The molecule has 2 N–H and O–H groups in total. The van der Waals surface area contributed by atoms with E-state index >= 15 is 0 Å². The summed E-state index contributed by atoms with van der Waals surface area (Å²) in [6, 6.07) is 8.57. The Morgan fingerprint density at radius 2 is 2.03 bits per heavy atom. The molecule has 0 aliphatic carbocycles. The number of nitrogens with zero attached hydrogens (tertiary/aromatic N) is 3. The number of hydrogen-bond donors (Lipinski definition) is 2. The SMILES string of the molecule is CCCOc1cccc(CCN=C(NCC)NC(C)Cc2c(C)nn(C)c2C)c1.I. The Hall–Kier alpha value is -1.77. The highest BCUT2D eigenvalue weighted by molar-refractivity contribution is 14.0. The molecule has 1 aromatic carbocycles. The Morgan fingerprint density at radius 1 is 1.27 bits per heavy atom. The van der Waals surface area contributed by atoms with Gasteiger partial charge in [0.1, 0.15) is 5.75 Å². The summed E-state index contributed by atoms with van der Waals surface area (Å²) in [5, 5.41) is 11.4. The third-order valence-corrected chi connectivity index (χ3v) is 4.94. The van der Waals surface area contributed by atoms with Crippen LogP contribution < -0.4 is 15.4 Å². The lowest BCUT2D eigenvalue weighted by Crippen LogP contribution is -2.43. The molecule has 0 saturated carbocycles. The second-order valence-electron chi connectivity index (χ2n) is 7.53. The molecule has 1 heterocycles. The van der Waals surface area contributed by atoms with Crippen molar-refractivity contribution in [3.05, 3.63) is 46.8 Å². The van der Waals surface area contributed by atoms with Gasteiger partial charge in [0, 0.05) is 31.9 Å². The predicted molar refractivity (Wildman–Crippen MR) is 136 cm³/mol. The van der Waals surface area contributed by atoms with E-state index in [1.165, 1.54) is 16.8 Å². The molecule has 0 bridgehead atoms. The maximum absolute atomic E-state index is 5.72. The van der Waals surface area contributed by atoms with Crippen LogP contribution in [0.15, 0.2) is 29.3 Å². The Balaban J connectivity index is 0.00000450. The third-order valence-electron chi connectivity index (χ3n) is 4.94. The molecule has 168 valence electrons. The van der Waals surface area contributed by atoms with Crippen LogP contribution in [0.4, 0.5) is 0 Å². The van der Waals surface area contributed by atoms with Gasteiger partial charge in [-0.3, -0.25) is 9.67 Å². The van der Waals surface area contributed by atoms with Gasteiger partial charge in [-0.25, -0.2) is 0 Å². The zero-order valence-electron chi connectivity index (χ0n) is 19.3. The van der Waals surface area contributed by atoms with E-state index in [9.17, 15) is 0 Å². The van der Waals surface area contributed by atoms with Crippen LogP contribution in [0.5, 0.6) is 5.75 Å². The van der Waals surface area contributed by atoms with Crippen molar-refractivity contribution in [1.82, 2.24) is 20.4 Å². The minimum atomic E-state index is 0. The molecule has 6 nitrogen and oxygen atoms in total. The van der Waals surface area contributed by atoms with Gasteiger partial charge in [0.2, 0.25) is 0 Å². The van der Waals surface area contributed by atoms with Gasteiger partial charge in [-0.15, -0.1) is 24.0 Å². The summed E-state index contributed by atoms with van der Waals surface area (Å²) >= 11 is 0. The number of aryl methyl sites for hydroxylation is 2. The largest absolute Gasteiger partial charge is 0.494 e. The van der Waals surface area contributed by atoms with Crippen LogP contribution in [-0.4, -0.2) is 41.5 Å². The molecule has 0 radical (unpaired) electrons. The van der Waals surface area contributed by atoms with E-state index in [2.05, 4.69) is 62.5 Å². The molecule has 0 aliphatic rings. The molecule has 2 rings (SSSR count). The van der Waals surface area contributed by atoms with Crippen molar-refractivity contribution in [1.29, 1.82) is 0 Å². The summed E-state index contributed by atoms with van der Waals surface area (Å²) in [6.45, 7) is 12.9. The Kier molecular flexibility index (Phi) is 11.8. The highest BCUT2D eigenvalue weighted by atomic mass is 127. The lowest BCUT2D eigenvalue weighted by atomic mass is 10.1. The third kappa shape index (κ3) is 8.16. The molecule has 1 unspecified atom stereocenters. The first-order valence-corrected chi connectivity index (χ1v) is 10.7. The van der Waals surface area contributed by atoms with Crippen molar-refractivity contribution in [2.24, 2.45) is 12.0 Å². The van der Waals surface area contributed by atoms with Gasteiger partial charge < -0.3 is 15.4 Å². The highest BCUT2D eigenvalue weighted by Crippen LogP contribution is 2.15. The predicted octanol–water partition coefficient (Wildman–Crippen LogP) is 4.17. The average molecular weight is 527 g/mol. The van der Waals surface area contributed by atoms with Crippen LogP contribution in [0.2, 0.25) is 0 Å². The van der Waals surface area contributed by atoms with Gasteiger partial charge in [0.15, 0.2) is 5.96 Å². The van der Waals surface area contributed by atoms with E-state index in [4.69, 9.17) is 9.73 Å². The van der Waals surface area contributed by atoms with Gasteiger partial charge >= 0.3 is 0 Å². The fourth-order valence-electron chi connectivity index (χ4n) is 3.33. The molecule has 2 aromatic rings. The first-order chi connectivity index (χ1) is 13.9. The topological polar surface area (TPSA) is 63.5 Å². The van der Waals surface area contributed by atoms with Crippen molar-refractivity contribution in [2.75, 3.05) is 19.7 Å². The maximum atomic E-state index is 5.72. The second kappa shape index (κ2) is 13.5. The van der Waals surface area contributed by atoms with Crippen LogP contribution in [0, 0.1) is 13.8 Å². The molecule has 7 heteroatoms. The molecule has 0 amide bonds. The quantitative estimate of drug-likeness (QED) is 0.277. The molecule has 30 heavy (non-hydrogen) atoms. The average Bonchev–Trinajstić information content (AvgIpc) is 2.93. The maximum Gasteiger partial charge on any atom is 0.191 e. The number of aliphatic imine (C=N–C) groups is 1. The zero-order chi connectivity index (χ0) is 21.2. The summed E-state index contributed by atoms with van der Waals surface area (Å²) in [5.74, 6) is 1.80. The Labute approximate surface area is 198 Å². The van der Waals surface area contributed by atoms with Crippen molar-refractivity contribution in [3.8, 4) is 5.75 Å². The second-order valence-corrected chi connectivity index (χ2v) is 7.53. The van der Waals surface area contributed by atoms with E-state index in [0.29, 0.717) is 0 Å². The van der Waals surface area contributed by atoms with Gasteiger partial charge in [-0.1, -0.05) is 19.1 Å². The number of guanidine groups is 1. The van der Waals surface area contributed by atoms with Crippen molar-refractivity contribution in [2.45, 2.75) is 59.9 Å². The number of ether oxygens (including phenoxy) is 1. The summed E-state index contributed by atoms with van der Waals surface area (Å²) in [6.07, 6.45) is 2.82. The summed E-state index contributed by atoms with van der Waals surface area (Å²) in [7, 11) is 2.00. The van der Waals surface area contributed by atoms with Crippen molar-refractivity contribution in [3.63, 3.8) is 0 Å².